The minimum atomic E-state index is -0.194. The molecule has 0 aliphatic rings. The predicted octanol–water partition coefficient (Wildman–Crippen LogP) is 1.60. The van der Waals surface area contributed by atoms with Crippen molar-refractivity contribution in [2.75, 3.05) is 32.1 Å². The van der Waals surface area contributed by atoms with E-state index >= 15 is 0 Å². The quantitative estimate of drug-likeness (QED) is 0.361. The number of rotatable bonds is 6. The monoisotopic (exact) mass is 292 g/mol. The number of benzene rings is 1. The maximum absolute atomic E-state index is 12.5. The van der Waals surface area contributed by atoms with Crippen molar-refractivity contribution < 1.29 is 10.0 Å². The van der Waals surface area contributed by atoms with Crippen LogP contribution in [-0.4, -0.2) is 49.0 Å². The predicted molar refractivity (Wildman–Crippen MR) is 84.9 cm³/mol. The van der Waals surface area contributed by atoms with Gasteiger partial charge in [0, 0.05) is 44.4 Å². The molecular formula is C15H24N4O2. The molecule has 6 heteroatoms. The molecule has 3 N–H and O–H groups in total. The first-order valence-corrected chi connectivity index (χ1v) is 6.94. The average Bonchev–Trinajstić information content (AvgIpc) is 2.50. The minimum Gasteiger partial charge on any atom is -0.409 e. The van der Waals surface area contributed by atoms with Gasteiger partial charge in [-0.1, -0.05) is 12.1 Å². The highest BCUT2D eigenvalue weighted by Gasteiger charge is 2.18. The lowest BCUT2D eigenvalue weighted by Crippen LogP contribution is -2.38. The summed E-state index contributed by atoms with van der Waals surface area (Å²) >= 11 is 0. The van der Waals surface area contributed by atoms with Crippen molar-refractivity contribution in [2.45, 2.75) is 13.8 Å². The lowest BCUT2D eigenvalue weighted by Gasteiger charge is -2.24. The van der Waals surface area contributed by atoms with Gasteiger partial charge in [0.1, 0.15) is 5.84 Å². The largest absolute Gasteiger partial charge is 0.409 e. The van der Waals surface area contributed by atoms with Gasteiger partial charge in [-0.2, -0.15) is 0 Å². The second-order valence-electron chi connectivity index (χ2n) is 5.21. The SMILES string of the molecule is CCN(CC(C)C(N)=NO)C(=O)c1ccc(N(C)C)cc1. The van der Waals surface area contributed by atoms with E-state index in [4.69, 9.17) is 10.9 Å². The van der Waals surface area contributed by atoms with Gasteiger partial charge in [0.05, 0.1) is 0 Å². The van der Waals surface area contributed by atoms with Crippen LogP contribution in [0.1, 0.15) is 24.2 Å². The molecule has 0 aliphatic heterocycles. The summed E-state index contributed by atoms with van der Waals surface area (Å²) in [6.07, 6.45) is 0. The molecule has 0 saturated carbocycles. The van der Waals surface area contributed by atoms with Gasteiger partial charge in [-0.25, -0.2) is 0 Å². The molecule has 0 saturated heterocycles. The van der Waals surface area contributed by atoms with Gasteiger partial charge in [-0.05, 0) is 31.2 Å². The van der Waals surface area contributed by atoms with Crippen LogP contribution < -0.4 is 10.6 Å². The highest BCUT2D eigenvalue weighted by molar-refractivity contribution is 5.95. The summed E-state index contributed by atoms with van der Waals surface area (Å²) in [6, 6.07) is 7.45. The zero-order chi connectivity index (χ0) is 16.0. The number of anilines is 1. The summed E-state index contributed by atoms with van der Waals surface area (Å²) in [5.74, 6) is -0.121. The number of amidine groups is 1. The first-order chi connectivity index (χ1) is 9.90. The van der Waals surface area contributed by atoms with Crippen LogP contribution in [0.3, 0.4) is 0 Å². The molecule has 0 aliphatic carbocycles. The normalized spacial score (nSPS) is 12.9. The number of nitrogens with two attached hydrogens (primary N) is 1. The molecule has 1 aromatic carbocycles. The molecule has 1 unspecified atom stereocenters. The van der Waals surface area contributed by atoms with Crippen molar-refractivity contribution in [1.29, 1.82) is 0 Å². The second kappa shape index (κ2) is 7.52. The highest BCUT2D eigenvalue weighted by Crippen LogP contribution is 2.14. The number of hydrogen-bond acceptors (Lipinski definition) is 4. The van der Waals surface area contributed by atoms with Gasteiger partial charge in [0.25, 0.3) is 5.91 Å². The fourth-order valence-electron chi connectivity index (χ4n) is 1.96. The Labute approximate surface area is 125 Å². The molecule has 0 spiro atoms. The summed E-state index contributed by atoms with van der Waals surface area (Å²) in [7, 11) is 3.90. The number of nitrogens with zero attached hydrogens (tertiary/aromatic N) is 3. The summed E-state index contributed by atoms with van der Waals surface area (Å²) in [6.45, 7) is 4.71. The molecule has 0 fully saturated rings. The molecule has 0 bridgehead atoms. The third-order valence-electron chi connectivity index (χ3n) is 3.41. The van der Waals surface area contributed by atoms with Crippen LogP contribution in [0, 0.1) is 5.92 Å². The zero-order valence-electron chi connectivity index (χ0n) is 13.1. The molecule has 1 rings (SSSR count). The molecule has 1 aromatic rings. The molecule has 21 heavy (non-hydrogen) atoms. The Kier molecular flexibility index (Phi) is 6.02. The fraction of sp³-hybridized carbons (Fsp3) is 0.467. The Hall–Kier alpha value is -2.24. The topological polar surface area (TPSA) is 82.2 Å². The second-order valence-corrected chi connectivity index (χ2v) is 5.21. The number of oxime groups is 1. The summed E-state index contributed by atoms with van der Waals surface area (Å²) in [5.41, 5.74) is 7.24. The molecule has 0 radical (unpaired) electrons. The summed E-state index contributed by atoms with van der Waals surface area (Å²) < 4.78 is 0. The van der Waals surface area contributed by atoms with Gasteiger partial charge >= 0.3 is 0 Å². The smallest absolute Gasteiger partial charge is 0.253 e. The maximum atomic E-state index is 12.5. The first kappa shape index (κ1) is 16.8. The maximum Gasteiger partial charge on any atom is 0.253 e. The van der Waals surface area contributed by atoms with E-state index in [9.17, 15) is 4.79 Å². The molecule has 1 atom stereocenters. The molecule has 116 valence electrons. The van der Waals surface area contributed by atoms with Gasteiger partial charge in [-0.15, -0.1) is 0 Å². The summed E-state index contributed by atoms with van der Waals surface area (Å²) in [5, 5.41) is 11.7. The molecular weight excluding hydrogens is 268 g/mol. The van der Waals surface area contributed by atoms with E-state index in [0.717, 1.165) is 5.69 Å². The minimum absolute atomic E-state index is 0.0552. The van der Waals surface area contributed by atoms with Crippen molar-refractivity contribution >= 4 is 17.4 Å². The van der Waals surface area contributed by atoms with Crippen molar-refractivity contribution in [1.82, 2.24) is 4.90 Å². The van der Waals surface area contributed by atoms with Gasteiger partial charge in [-0.3, -0.25) is 4.79 Å². The first-order valence-electron chi connectivity index (χ1n) is 6.94. The molecule has 0 heterocycles. The van der Waals surface area contributed by atoms with E-state index in [-0.39, 0.29) is 17.7 Å². The van der Waals surface area contributed by atoms with Crippen molar-refractivity contribution in [3.05, 3.63) is 29.8 Å². The van der Waals surface area contributed by atoms with Crippen LogP contribution in [-0.2, 0) is 0 Å². The van der Waals surface area contributed by atoms with Crippen LogP contribution in [0.4, 0.5) is 5.69 Å². The number of hydrogen-bond donors (Lipinski definition) is 2. The van der Waals surface area contributed by atoms with E-state index in [1.54, 1.807) is 4.90 Å². The standard InChI is InChI=1S/C15H24N4O2/c1-5-19(10-11(2)14(16)17-21)15(20)12-6-8-13(9-7-12)18(3)4/h6-9,11,21H,5,10H2,1-4H3,(H2,16,17). The average molecular weight is 292 g/mol. The van der Waals surface area contributed by atoms with E-state index in [1.807, 2.05) is 57.1 Å². The van der Waals surface area contributed by atoms with Crippen LogP contribution in [0.2, 0.25) is 0 Å². The van der Waals surface area contributed by atoms with Crippen molar-refractivity contribution in [2.24, 2.45) is 16.8 Å². The van der Waals surface area contributed by atoms with Crippen LogP contribution >= 0.6 is 0 Å². The Morgan fingerprint density at radius 2 is 1.90 bits per heavy atom. The van der Waals surface area contributed by atoms with Gasteiger partial charge < -0.3 is 20.7 Å². The fourth-order valence-corrected chi connectivity index (χ4v) is 1.96. The Balaban J connectivity index is 2.83. The Bertz CT molecular complexity index is 497. The lowest BCUT2D eigenvalue weighted by atomic mass is 10.1. The third-order valence-corrected chi connectivity index (χ3v) is 3.41. The van der Waals surface area contributed by atoms with Crippen LogP contribution in [0.25, 0.3) is 0 Å². The molecule has 1 amide bonds. The van der Waals surface area contributed by atoms with Crippen LogP contribution in [0.15, 0.2) is 29.4 Å². The summed E-state index contributed by atoms with van der Waals surface area (Å²) in [4.78, 5) is 16.1. The number of carbonyl (C=O) groups excluding carboxylic acids is 1. The van der Waals surface area contributed by atoms with E-state index in [0.29, 0.717) is 18.7 Å². The Morgan fingerprint density at radius 1 is 1.33 bits per heavy atom. The van der Waals surface area contributed by atoms with Gasteiger partial charge in [0.15, 0.2) is 0 Å². The van der Waals surface area contributed by atoms with Crippen molar-refractivity contribution in [3.63, 3.8) is 0 Å². The van der Waals surface area contributed by atoms with E-state index < -0.39 is 0 Å². The number of amides is 1. The Morgan fingerprint density at radius 3 is 2.33 bits per heavy atom. The van der Waals surface area contributed by atoms with Crippen molar-refractivity contribution in [3.8, 4) is 0 Å². The molecule has 0 aromatic heterocycles. The van der Waals surface area contributed by atoms with E-state index in [2.05, 4.69) is 5.16 Å². The lowest BCUT2D eigenvalue weighted by molar-refractivity contribution is 0.0754. The van der Waals surface area contributed by atoms with E-state index in [1.165, 1.54) is 0 Å². The highest BCUT2D eigenvalue weighted by atomic mass is 16.4. The third kappa shape index (κ3) is 4.37. The molecule has 6 nitrogen and oxygen atoms in total. The zero-order valence-corrected chi connectivity index (χ0v) is 13.1. The van der Waals surface area contributed by atoms with Gasteiger partial charge in [0.2, 0.25) is 0 Å². The van der Waals surface area contributed by atoms with Crippen LogP contribution in [0.5, 0.6) is 0 Å². The number of carbonyl (C=O) groups is 1.